The van der Waals surface area contributed by atoms with Crippen molar-refractivity contribution < 1.29 is 18.7 Å². The van der Waals surface area contributed by atoms with Gasteiger partial charge in [-0.05, 0) is 30.5 Å². The van der Waals surface area contributed by atoms with Crippen molar-refractivity contribution in [2.45, 2.75) is 13.3 Å². The number of aliphatic hydroxyl groups excluding tert-OH is 1. The summed E-state index contributed by atoms with van der Waals surface area (Å²) in [5.41, 5.74) is 0.664. The molecule has 1 aromatic carbocycles. The number of hydrogen-bond acceptors (Lipinski definition) is 4. The number of thiazole rings is 1. The van der Waals surface area contributed by atoms with Crippen molar-refractivity contribution in [3.8, 4) is 10.6 Å². The average Bonchev–Trinajstić information content (AvgIpc) is 2.98. The number of aliphatic hydroxyl groups is 1. The first-order valence-corrected chi connectivity index (χ1v) is 7.69. The van der Waals surface area contributed by atoms with Crippen LogP contribution in [0.4, 0.5) is 8.78 Å². The molecular weight excluding hydrogens is 310 g/mol. The van der Waals surface area contributed by atoms with Crippen molar-refractivity contribution in [3.63, 3.8) is 0 Å². The molecule has 0 saturated carbocycles. The SMILES string of the molecule is CC(CCO)CNC(=O)c1csc(-c2ccc(F)c(F)c2)n1. The highest BCUT2D eigenvalue weighted by Gasteiger charge is 2.14. The predicted octanol–water partition coefficient (Wildman–Crippen LogP) is 2.84. The highest BCUT2D eigenvalue weighted by Crippen LogP contribution is 2.25. The molecule has 118 valence electrons. The van der Waals surface area contributed by atoms with E-state index < -0.39 is 11.6 Å². The van der Waals surface area contributed by atoms with Gasteiger partial charge in [-0.25, -0.2) is 13.8 Å². The molecule has 2 aromatic rings. The van der Waals surface area contributed by atoms with Crippen molar-refractivity contribution in [1.29, 1.82) is 0 Å². The summed E-state index contributed by atoms with van der Waals surface area (Å²) in [4.78, 5) is 16.1. The summed E-state index contributed by atoms with van der Waals surface area (Å²) in [5, 5.41) is 13.6. The monoisotopic (exact) mass is 326 g/mol. The summed E-state index contributed by atoms with van der Waals surface area (Å²) in [6.07, 6.45) is 0.609. The largest absolute Gasteiger partial charge is 0.396 e. The number of aromatic nitrogens is 1. The standard InChI is InChI=1S/C15H16F2N2O2S/c1-9(4-5-20)7-18-14(21)13-8-22-15(19-13)10-2-3-11(16)12(17)6-10/h2-3,6,8-9,20H,4-5,7H2,1H3,(H,18,21). The smallest absolute Gasteiger partial charge is 0.270 e. The highest BCUT2D eigenvalue weighted by molar-refractivity contribution is 7.13. The topological polar surface area (TPSA) is 62.2 Å². The maximum absolute atomic E-state index is 13.2. The van der Waals surface area contributed by atoms with Crippen LogP contribution in [0.3, 0.4) is 0 Å². The van der Waals surface area contributed by atoms with E-state index in [2.05, 4.69) is 10.3 Å². The van der Waals surface area contributed by atoms with E-state index in [1.165, 1.54) is 17.4 Å². The molecule has 0 spiro atoms. The van der Waals surface area contributed by atoms with E-state index in [1.54, 1.807) is 5.38 Å². The van der Waals surface area contributed by atoms with Crippen LogP contribution < -0.4 is 5.32 Å². The van der Waals surface area contributed by atoms with E-state index in [0.29, 0.717) is 23.5 Å². The Morgan fingerprint density at radius 2 is 2.18 bits per heavy atom. The Labute approximate surface area is 130 Å². The molecule has 0 aliphatic carbocycles. The molecule has 0 fully saturated rings. The quantitative estimate of drug-likeness (QED) is 0.858. The second kappa shape index (κ2) is 7.42. The zero-order valence-electron chi connectivity index (χ0n) is 12.0. The number of nitrogens with one attached hydrogen (secondary N) is 1. The van der Waals surface area contributed by atoms with Gasteiger partial charge in [0.1, 0.15) is 10.7 Å². The minimum atomic E-state index is -0.948. The van der Waals surface area contributed by atoms with Crippen LogP contribution in [0.25, 0.3) is 10.6 Å². The third-order valence-corrected chi connectivity index (χ3v) is 4.03. The van der Waals surface area contributed by atoms with E-state index in [9.17, 15) is 13.6 Å². The van der Waals surface area contributed by atoms with E-state index in [1.807, 2.05) is 6.92 Å². The van der Waals surface area contributed by atoms with Gasteiger partial charge in [-0.1, -0.05) is 6.92 Å². The molecule has 1 unspecified atom stereocenters. The molecule has 1 atom stereocenters. The molecule has 0 radical (unpaired) electrons. The van der Waals surface area contributed by atoms with E-state index >= 15 is 0 Å². The number of rotatable bonds is 6. The number of nitrogens with zero attached hydrogens (tertiary/aromatic N) is 1. The first-order chi connectivity index (χ1) is 10.5. The lowest BCUT2D eigenvalue weighted by atomic mass is 10.1. The van der Waals surface area contributed by atoms with Crippen LogP contribution in [0.15, 0.2) is 23.6 Å². The molecule has 2 rings (SSSR count). The van der Waals surface area contributed by atoms with Gasteiger partial charge in [0.15, 0.2) is 11.6 Å². The summed E-state index contributed by atoms with van der Waals surface area (Å²) in [5.74, 6) is -2.03. The molecule has 0 bridgehead atoms. The maximum atomic E-state index is 13.2. The van der Waals surface area contributed by atoms with Gasteiger partial charge in [0.05, 0.1) is 0 Å². The van der Waals surface area contributed by atoms with Crippen molar-refractivity contribution >= 4 is 17.2 Å². The third-order valence-electron chi connectivity index (χ3n) is 3.14. The van der Waals surface area contributed by atoms with Gasteiger partial charge in [0.2, 0.25) is 0 Å². The molecule has 2 N–H and O–H groups in total. The van der Waals surface area contributed by atoms with Gasteiger partial charge in [0.25, 0.3) is 5.91 Å². The van der Waals surface area contributed by atoms with Crippen molar-refractivity contribution in [2.24, 2.45) is 5.92 Å². The summed E-state index contributed by atoms with van der Waals surface area (Å²) in [7, 11) is 0. The number of benzene rings is 1. The van der Waals surface area contributed by atoms with Crippen LogP contribution in [-0.2, 0) is 0 Å². The number of hydrogen-bond donors (Lipinski definition) is 2. The summed E-state index contributed by atoms with van der Waals surface area (Å²) < 4.78 is 26.1. The van der Waals surface area contributed by atoms with Gasteiger partial charge in [-0.3, -0.25) is 4.79 Å². The fourth-order valence-electron chi connectivity index (χ4n) is 1.82. The predicted molar refractivity (Wildman–Crippen MR) is 80.7 cm³/mol. The Balaban J connectivity index is 2.04. The molecule has 22 heavy (non-hydrogen) atoms. The van der Waals surface area contributed by atoms with Gasteiger partial charge in [-0.2, -0.15) is 0 Å². The normalized spacial score (nSPS) is 12.2. The minimum Gasteiger partial charge on any atom is -0.396 e. The van der Waals surface area contributed by atoms with Crippen molar-refractivity contribution in [2.75, 3.05) is 13.2 Å². The lowest BCUT2D eigenvalue weighted by Crippen LogP contribution is -2.28. The second-order valence-corrected chi connectivity index (χ2v) is 5.85. The molecule has 1 aromatic heterocycles. The third kappa shape index (κ3) is 4.08. The van der Waals surface area contributed by atoms with Crippen LogP contribution in [0.1, 0.15) is 23.8 Å². The fraction of sp³-hybridized carbons (Fsp3) is 0.333. The molecule has 7 heteroatoms. The minimum absolute atomic E-state index is 0.0774. The summed E-state index contributed by atoms with van der Waals surface area (Å²) in [6.45, 7) is 2.44. The molecule has 0 aliphatic rings. The van der Waals surface area contributed by atoms with Crippen LogP contribution in [0.2, 0.25) is 0 Å². The Morgan fingerprint density at radius 3 is 2.86 bits per heavy atom. The Kier molecular flexibility index (Phi) is 5.57. The van der Waals surface area contributed by atoms with Gasteiger partial charge in [-0.15, -0.1) is 11.3 Å². The van der Waals surface area contributed by atoms with Gasteiger partial charge >= 0.3 is 0 Å². The first kappa shape index (κ1) is 16.5. The Bertz CT molecular complexity index is 661. The molecule has 1 amide bonds. The van der Waals surface area contributed by atoms with Crippen molar-refractivity contribution in [1.82, 2.24) is 10.3 Å². The van der Waals surface area contributed by atoms with Gasteiger partial charge < -0.3 is 10.4 Å². The lowest BCUT2D eigenvalue weighted by Gasteiger charge is -2.09. The van der Waals surface area contributed by atoms with Crippen LogP contribution >= 0.6 is 11.3 Å². The first-order valence-electron chi connectivity index (χ1n) is 6.81. The molecular formula is C15H16F2N2O2S. The summed E-state index contributed by atoms with van der Waals surface area (Å²) in [6, 6.07) is 3.50. The van der Waals surface area contributed by atoms with Crippen LogP contribution in [-0.4, -0.2) is 29.1 Å². The van der Waals surface area contributed by atoms with E-state index in [4.69, 9.17) is 5.11 Å². The van der Waals surface area contributed by atoms with E-state index in [-0.39, 0.29) is 24.1 Å². The fourth-order valence-corrected chi connectivity index (χ4v) is 2.62. The molecule has 0 saturated heterocycles. The number of amides is 1. The van der Waals surface area contributed by atoms with Crippen LogP contribution in [0, 0.1) is 17.6 Å². The van der Waals surface area contributed by atoms with Gasteiger partial charge in [0, 0.05) is 24.1 Å². The molecule has 0 aliphatic heterocycles. The average molecular weight is 326 g/mol. The van der Waals surface area contributed by atoms with E-state index in [0.717, 1.165) is 12.1 Å². The second-order valence-electron chi connectivity index (χ2n) is 4.99. The van der Waals surface area contributed by atoms with Crippen molar-refractivity contribution in [3.05, 3.63) is 40.9 Å². The maximum Gasteiger partial charge on any atom is 0.270 e. The number of halogens is 2. The number of carbonyl (C=O) groups is 1. The molecule has 1 heterocycles. The lowest BCUT2D eigenvalue weighted by molar-refractivity contribution is 0.0941. The zero-order valence-corrected chi connectivity index (χ0v) is 12.8. The molecule has 4 nitrogen and oxygen atoms in total. The highest BCUT2D eigenvalue weighted by atomic mass is 32.1. The number of carbonyl (C=O) groups excluding carboxylic acids is 1. The summed E-state index contributed by atoms with van der Waals surface area (Å²) >= 11 is 1.19. The van der Waals surface area contributed by atoms with Crippen LogP contribution in [0.5, 0.6) is 0 Å². The Hall–Kier alpha value is -1.86. The Morgan fingerprint density at radius 1 is 1.41 bits per heavy atom. The zero-order chi connectivity index (χ0) is 16.1.